The van der Waals surface area contributed by atoms with Gasteiger partial charge in [0.05, 0.1) is 13.0 Å². The van der Waals surface area contributed by atoms with E-state index in [2.05, 4.69) is 15.1 Å². The van der Waals surface area contributed by atoms with Crippen molar-refractivity contribution in [2.24, 2.45) is 10.9 Å². The first kappa shape index (κ1) is 18.3. The average molecular weight is 378 g/mol. The van der Waals surface area contributed by atoms with Gasteiger partial charge in [-0.25, -0.2) is 4.39 Å². The molecule has 8 heteroatoms. The summed E-state index contributed by atoms with van der Waals surface area (Å²) in [5.74, 6) is -1.56. The first-order valence-electron chi connectivity index (χ1n) is 7.94. The largest absolute Gasteiger partial charge is 0.468 e. The smallest absolute Gasteiger partial charge is 0.315 e. The summed E-state index contributed by atoms with van der Waals surface area (Å²) in [6.45, 7) is 3.52. The Balaban J connectivity index is 2.22. The maximum Gasteiger partial charge on any atom is 0.315 e. The van der Waals surface area contributed by atoms with Crippen LogP contribution in [0.2, 0.25) is 0 Å². The molecule has 0 spiro atoms. The number of hydrogen-bond donors (Lipinski definition) is 0. The Morgan fingerprint density at radius 1 is 1.38 bits per heavy atom. The Bertz CT molecular complexity index is 907. The second-order valence-electron chi connectivity index (χ2n) is 5.94. The van der Waals surface area contributed by atoms with Gasteiger partial charge in [-0.15, -0.1) is 11.6 Å². The Morgan fingerprint density at radius 2 is 2.15 bits per heavy atom. The van der Waals surface area contributed by atoms with Crippen molar-refractivity contribution in [3.8, 4) is 0 Å². The average Bonchev–Trinajstić information content (AvgIpc) is 3.09. The van der Waals surface area contributed by atoms with Crippen molar-refractivity contribution in [2.45, 2.75) is 25.6 Å². The number of aromatic nitrogens is 2. The molecule has 0 amide bonds. The molecule has 0 bridgehead atoms. The van der Waals surface area contributed by atoms with Crippen molar-refractivity contribution in [3.63, 3.8) is 0 Å². The van der Waals surface area contributed by atoms with Crippen LogP contribution in [0, 0.1) is 11.7 Å². The van der Waals surface area contributed by atoms with E-state index < -0.39 is 23.6 Å². The van der Waals surface area contributed by atoms with Gasteiger partial charge in [-0.3, -0.25) is 9.79 Å². The number of carbonyl (C=O) groups is 1. The lowest BCUT2D eigenvalue weighted by atomic mass is 9.75. The van der Waals surface area contributed by atoms with Gasteiger partial charge in [0, 0.05) is 22.9 Å². The van der Waals surface area contributed by atoms with Crippen LogP contribution in [-0.4, -0.2) is 28.9 Å². The molecule has 136 valence electrons. The van der Waals surface area contributed by atoms with E-state index in [1.54, 1.807) is 26.0 Å². The van der Waals surface area contributed by atoms with Crippen LogP contribution < -0.4 is 0 Å². The standard InChI is InChI=1S/C18H17ClFN3O3/c1-9-14(17-22-13(8-19)23-26-17)16(11-5-4-6-12(20)7-11)15(10(2)21-9)18(24)25-3/h4-7,15-16H,8H2,1-3H3. The van der Waals surface area contributed by atoms with Crippen LogP contribution in [-0.2, 0) is 15.4 Å². The Hall–Kier alpha value is -2.54. The Morgan fingerprint density at radius 3 is 2.77 bits per heavy atom. The number of allylic oxidation sites excluding steroid dienone is 2. The summed E-state index contributed by atoms with van der Waals surface area (Å²) in [5, 5.41) is 3.81. The Labute approximate surface area is 154 Å². The second kappa shape index (κ2) is 7.37. The highest BCUT2D eigenvalue weighted by Gasteiger charge is 2.41. The van der Waals surface area contributed by atoms with E-state index >= 15 is 0 Å². The van der Waals surface area contributed by atoms with Gasteiger partial charge < -0.3 is 9.26 Å². The highest BCUT2D eigenvalue weighted by molar-refractivity contribution is 6.16. The molecule has 26 heavy (non-hydrogen) atoms. The van der Waals surface area contributed by atoms with E-state index in [0.29, 0.717) is 28.4 Å². The zero-order valence-corrected chi connectivity index (χ0v) is 15.2. The number of alkyl halides is 1. The monoisotopic (exact) mass is 377 g/mol. The first-order valence-corrected chi connectivity index (χ1v) is 8.47. The number of nitrogens with zero attached hydrogens (tertiary/aromatic N) is 3. The predicted molar refractivity (Wildman–Crippen MR) is 94.2 cm³/mol. The summed E-state index contributed by atoms with van der Waals surface area (Å²) in [5.41, 5.74) is 2.33. The van der Waals surface area contributed by atoms with Gasteiger partial charge in [0.1, 0.15) is 11.7 Å². The molecule has 0 N–H and O–H groups in total. The minimum atomic E-state index is -0.730. The van der Waals surface area contributed by atoms with Crippen LogP contribution in [0.3, 0.4) is 0 Å². The van der Waals surface area contributed by atoms with Crippen molar-refractivity contribution < 1.29 is 18.4 Å². The molecule has 1 aromatic heterocycles. The molecule has 2 heterocycles. The quantitative estimate of drug-likeness (QED) is 0.599. The van der Waals surface area contributed by atoms with Crippen LogP contribution in [0.5, 0.6) is 0 Å². The molecule has 1 aromatic carbocycles. The fourth-order valence-electron chi connectivity index (χ4n) is 3.23. The molecule has 0 fully saturated rings. The molecule has 6 nitrogen and oxygen atoms in total. The molecular weight excluding hydrogens is 361 g/mol. The number of esters is 1. The van der Waals surface area contributed by atoms with Crippen molar-refractivity contribution in [1.82, 2.24) is 10.1 Å². The number of halogens is 2. The van der Waals surface area contributed by atoms with Crippen molar-refractivity contribution in [3.05, 3.63) is 53.1 Å². The summed E-state index contributed by atoms with van der Waals surface area (Å²) in [4.78, 5) is 21.2. The lowest BCUT2D eigenvalue weighted by molar-refractivity contribution is -0.143. The molecule has 0 radical (unpaired) electrons. The number of benzene rings is 1. The number of carbonyl (C=O) groups excluding carboxylic acids is 1. The van der Waals surface area contributed by atoms with Crippen molar-refractivity contribution in [2.75, 3.05) is 7.11 Å². The normalized spacial score (nSPS) is 20.1. The lowest BCUT2D eigenvalue weighted by Crippen LogP contribution is -2.33. The molecule has 0 aliphatic carbocycles. The van der Waals surface area contributed by atoms with Crippen LogP contribution in [0.25, 0.3) is 5.57 Å². The van der Waals surface area contributed by atoms with Crippen LogP contribution in [0.15, 0.2) is 39.5 Å². The van der Waals surface area contributed by atoms with Gasteiger partial charge in [0.2, 0.25) is 0 Å². The molecular formula is C18H17ClFN3O3. The van der Waals surface area contributed by atoms with E-state index in [1.807, 2.05) is 0 Å². The maximum absolute atomic E-state index is 13.9. The third-order valence-electron chi connectivity index (χ3n) is 4.31. The van der Waals surface area contributed by atoms with E-state index in [9.17, 15) is 9.18 Å². The Kier molecular flexibility index (Phi) is 5.18. The molecule has 0 saturated heterocycles. The fraction of sp³-hybridized carbons (Fsp3) is 0.333. The molecule has 1 aliphatic heterocycles. The SMILES string of the molecule is COC(=O)C1C(C)=NC(C)=C(c2nc(CCl)no2)C1c1cccc(F)c1. The van der Waals surface area contributed by atoms with Gasteiger partial charge >= 0.3 is 5.97 Å². The van der Waals surface area contributed by atoms with Gasteiger partial charge in [0.25, 0.3) is 5.89 Å². The highest BCUT2D eigenvalue weighted by Crippen LogP contribution is 2.44. The van der Waals surface area contributed by atoms with Gasteiger partial charge in [-0.05, 0) is 31.5 Å². The maximum atomic E-state index is 13.9. The number of ether oxygens (including phenoxy) is 1. The first-order chi connectivity index (χ1) is 12.5. The molecule has 2 atom stereocenters. The zero-order chi connectivity index (χ0) is 18.8. The number of hydrogen-bond acceptors (Lipinski definition) is 6. The molecule has 2 unspecified atom stereocenters. The summed E-state index contributed by atoms with van der Waals surface area (Å²) < 4.78 is 24.2. The lowest BCUT2D eigenvalue weighted by Gasteiger charge is -2.30. The second-order valence-corrected chi connectivity index (χ2v) is 6.20. The third kappa shape index (κ3) is 3.26. The predicted octanol–water partition coefficient (Wildman–Crippen LogP) is 3.73. The van der Waals surface area contributed by atoms with E-state index in [4.69, 9.17) is 20.9 Å². The van der Waals surface area contributed by atoms with Crippen molar-refractivity contribution >= 4 is 28.9 Å². The van der Waals surface area contributed by atoms with Crippen LogP contribution in [0.4, 0.5) is 4.39 Å². The third-order valence-corrected chi connectivity index (χ3v) is 4.55. The summed E-state index contributed by atoms with van der Waals surface area (Å²) >= 11 is 5.76. The zero-order valence-electron chi connectivity index (χ0n) is 14.5. The van der Waals surface area contributed by atoms with Gasteiger partial charge in [0.15, 0.2) is 5.82 Å². The van der Waals surface area contributed by atoms with E-state index in [-0.39, 0.29) is 11.8 Å². The fourth-order valence-corrected chi connectivity index (χ4v) is 3.33. The highest BCUT2D eigenvalue weighted by atomic mass is 35.5. The number of rotatable bonds is 4. The number of methoxy groups -OCH3 is 1. The van der Waals surface area contributed by atoms with E-state index in [0.717, 1.165) is 0 Å². The minimum absolute atomic E-state index is 0.0865. The summed E-state index contributed by atoms with van der Waals surface area (Å²) in [7, 11) is 1.31. The minimum Gasteiger partial charge on any atom is -0.468 e. The summed E-state index contributed by atoms with van der Waals surface area (Å²) in [6, 6.07) is 6.06. The molecule has 2 aromatic rings. The van der Waals surface area contributed by atoms with Gasteiger partial charge in [-0.1, -0.05) is 17.3 Å². The van der Waals surface area contributed by atoms with Crippen LogP contribution in [0.1, 0.15) is 37.0 Å². The summed E-state index contributed by atoms with van der Waals surface area (Å²) in [6.07, 6.45) is 0. The van der Waals surface area contributed by atoms with Crippen molar-refractivity contribution in [1.29, 1.82) is 0 Å². The van der Waals surface area contributed by atoms with Crippen LogP contribution >= 0.6 is 11.6 Å². The molecule has 1 aliphatic rings. The topological polar surface area (TPSA) is 77.6 Å². The van der Waals surface area contributed by atoms with Gasteiger partial charge in [-0.2, -0.15) is 4.98 Å². The van der Waals surface area contributed by atoms with E-state index in [1.165, 1.54) is 19.2 Å². The number of aliphatic imine (C=N–C) groups is 1. The molecule has 3 rings (SSSR count). The molecule has 0 saturated carbocycles.